The molecule has 2 heterocycles. The molecule has 0 unspecified atom stereocenters. The topological polar surface area (TPSA) is 73.9 Å². The maximum absolute atomic E-state index is 5.73. The number of hydrogen-bond acceptors (Lipinski definition) is 6. The monoisotopic (exact) mass is 298 g/mol. The Kier molecular flexibility index (Phi) is 4.58. The van der Waals surface area contributed by atoms with Crippen LogP contribution in [-0.4, -0.2) is 26.9 Å². The van der Waals surface area contributed by atoms with Crippen LogP contribution in [0.4, 0.5) is 0 Å². The quantitative estimate of drug-likeness (QED) is 0.620. The van der Waals surface area contributed by atoms with Crippen molar-refractivity contribution in [3.05, 3.63) is 30.5 Å². The summed E-state index contributed by atoms with van der Waals surface area (Å²) in [5.74, 6) is 0.873. The summed E-state index contributed by atoms with van der Waals surface area (Å²) in [6.07, 6.45) is 6.47. The van der Waals surface area contributed by atoms with Gasteiger partial charge in [-0.15, -0.1) is 0 Å². The van der Waals surface area contributed by atoms with Crippen LogP contribution < -0.4 is 4.74 Å². The lowest BCUT2D eigenvalue weighted by Gasteiger charge is -2.06. The van der Waals surface area contributed by atoms with Gasteiger partial charge in [-0.1, -0.05) is 26.2 Å². The van der Waals surface area contributed by atoms with Crippen LogP contribution in [-0.2, 0) is 0 Å². The first-order valence-electron chi connectivity index (χ1n) is 7.55. The molecular formula is C16H18N4O2. The minimum atomic E-state index is 0.411. The van der Waals surface area contributed by atoms with E-state index in [1.807, 2.05) is 24.3 Å². The van der Waals surface area contributed by atoms with E-state index in [0.29, 0.717) is 11.3 Å². The Bertz CT molecular complexity index is 724. The highest BCUT2D eigenvalue weighted by molar-refractivity contribution is 5.69. The molecule has 114 valence electrons. The zero-order chi connectivity index (χ0) is 15.2. The fourth-order valence-electron chi connectivity index (χ4n) is 2.18. The molecule has 0 spiro atoms. The number of hydrogen-bond donors (Lipinski definition) is 0. The number of unbranched alkanes of at least 4 members (excludes halogenated alkanes) is 3. The van der Waals surface area contributed by atoms with Crippen molar-refractivity contribution in [3.8, 4) is 17.0 Å². The molecule has 0 saturated heterocycles. The summed E-state index contributed by atoms with van der Waals surface area (Å²) in [5.41, 5.74) is 2.51. The van der Waals surface area contributed by atoms with Gasteiger partial charge in [-0.25, -0.2) is 14.6 Å². The van der Waals surface area contributed by atoms with Crippen LogP contribution in [0.3, 0.4) is 0 Å². The Balaban J connectivity index is 1.63. The first-order valence-corrected chi connectivity index (χ1v) is 7.55. The molecule has 22 heavy (non-hydrogen) atoms. The highest BCUT2D eigenvalue weighted by atomic mass is 16.6. The van der Waals surface area contributed by atoms with Crippen LogP contribution in [0.5, 0.6) is 5.75 Å². The summed E-state index contributed by atoms with van der Waals surface area (Å²) < 4.78 is 10.3. The largest absolute Gasteiger partial charge is 0.494 e. The standard InChI is InChI=1S/C16H18N4O2/c1-2-3-4-5-10-21-13-8-6-12(7-9-13)14-11-17-15-16(18-14)20-22-19-15/h6-9,11H,2-5,10H2,1H3. The second kappa shape index (κ2) is 6.98. The smallest absolute Gasteiger partial charge is 0.243 e. The summed E-state index contributed by atoms with van der Waals surface area (Å²) >= 11 is 0. The van der Waals surface area contributed by atoms with Gasteiger partial charge in [0.05, 0.1) is 18.5 Å². The molecule has 0 fully saturated rings. The van der Waals surface area contributed by atoms with Gasteiger partial charge in [0, 0.05) is 5.56 Å². The van der Waals surface area contributed by atoms with Gasteiger partial charge >= 0.3 is 0 Å². The van der Waals surface area contributed by atoms with Gasteiger partial charge in [-0.3, -0.25) is 0 Å². The third-order valence-corrected chi connectivity index (χ3v) is 3.41. The van der Waals surface area contributed by atoms with E-state index in [-0.39, 0.29) is 0 Å². The molecule has 0 aliphatic carbocycles. The molecular weight excluding hydrogens is 280 g/mol. The van der Waals surface area contributed by atoms with E-state index in [9.17, 15) is 0 Å². The molecule has 6 heteroatoms. The van der Waals surface area contributed by atoms with Crippen molar-refractivity contribution in [1.29, 1.82) is 0 Å². The maximum atomic E-state index is 5.73. The molecule has 0 saturated carbocycles. The molecule has 3 rings (SSSR count). The summed E-state index contributed by atoms with van der Waals surface area (Å²) in [6.45, 7) is 2.96. The average Bonchev–Trinajstić information content (AvgIpc) is 3.03. The second-order valence-corrected chi connectivity index (χ2v) is 5.10. The Labute approximate surface area is 128 Å². The highest BCUT2D eigenvalue weighted by Gasteiger charge is 2.06. The molecule has 0 atom stereocenters. The SMILES string of the molecule is CCCCCCOc1ccc(-c2cnc3nonc3n2)cc1. The molecule has 1 aromatic carbocycles. The van der Waals surface area contributed by atoms with E-state index < -0.39 is 0 Å². The molecule has 0 radical (unpaired) electrons. The highest BCUT2D eigenvalue weighted by Crippen LogP contribution is 2.21. The minimum absolute atomic E-state index is 0.411. The third kappa shape index (κ3) is 3.39. The first-order chi connectivity index (χ1) is 10.9. The zero-order valence-corrected chi connectivity index (χ0v) is 12.5. The van der Waals surface area contributed by atoms with Gasteiger partial charge in [-0.2, -0.15) is 0 Å². The van der Waals surface area contributed by atoms with E-state index >= 15 is 0 Å². The first kappa shape index (κ1) is 14.4. The summed E-state index contributed by atoms with van der Waals surface area (Å²) in [7, 11) is 0. The van der Waals surface area contributed by atoms with Crippen molar-refractivity contribution in [2.75, 3.05) is 6.61 Å². The minimum Gasteiger partial charge on any atom is -0.494 e. The van der Waals surface area contributed by atoms with Gasteiger partial charge in [0.1, 0.15) is 5.75 Å². The molecule has 6 nitrogen and oxygen atoms in total. The zero-order valence-electron chi connectivity index (χ0n) is 12.5. The Morgan fingerprint density at radius 2 is 1.82 bits per heavy atom. The Hall–Kier alpha value is -2.50. The number of rotatable bonds is 7. The van der Waals surface area contributed by atoms with Gasteiger partial charge in [-0.05, 0) is 41.0 Å². The fourth-order valence-corrected chi connectivity index (χ4v) is 2.18. The number of fused-ring (bicyclic) bond motifs is 1. The number of aromatic nitrogens is 4. The van der Waals surface area contributed by atoms with Gasteiger partial charge in [0.2, 0.25) is 11.3 Å². The van der Waals surface area contributed by atoms with Crippen LogP contribution in [0.2, 0.25) is 0 Å². The van der Waals surface area contributed by atoms with Crippen LogP contribution in [0.1, 0.15) is 32.6 Å². The maximum Gasteiger partial charge on any atom is 0.243 e. The summed E-state index contributed by atoms with van der Waals surface area (Å²) in [5, 5.41) is 7.35. The number of nitrogens with zero attached hydrogens (tertiary/aromatic N) is 4. The normalized spacial score (nSPS) is 11.0. The third-order valence-electron chi connectivity index (χ3n) is 3.41. The Morgan fingerprint density at radius 3 is 2.64 bits per heavy atom. The molecule has 0 amide bonds. The van der Waals surface area contributed by atoms with Crippen LogP contribution in [0.25, 0.3) is 22.6 Å². The number of ether oxygens (including phenoxy) is 1. The van der Waals surface area contributed by atoms with Crippen molar-refractivity contribution < 1.29 is 9.37 Å². The van der Waals surface area contributed by atoms with Gasteiger partial charge in [0.15, 0.2) is 0 Å². The van der Waals surface area contributed by atoms with Crippen LogP contribution in [0.15, 0.2) is 35.1 Å². The van der Waals surface area contributed by atoms with E-state index in [0.717, 1.165) is 30.0 Å². The molecule has 3 aromatic rings. The molecule has 0 N–H and O–H groups in total. The van der Waals surface area contributed by atoms with Crippen LogP contribution in [0, 0.1) is 0 Å². The van der Waals surface area contributed by atoms with E-state index in [1.165, 1.54) is 19.3 Å². The molecule has 0 aliphatic rings. The predicted octanol–water partition coefficient (Wildman–Crippen LogP) is 3.64. The molecule has 2 aromatic heterocycles. The molecule has 0 aliphatic heterocycles. The van der Waals surface area contributed by atoms with Gasteiger partial charge in [0.25, 0.3) is 0 Å². The van der Waals surface area contributed by atoms with Crippen molar-refractivity contribution in [1.82, 2.24) is 20.3 Å². The van der Waals surface area contributed by atoms with Gasteiger partial charge < -0.3 is 4.74 Å². The van der Waals surface area contributed by atoms with Crippen molar-refractivity contribution in [2.24, 2.45) is 0 Å². The van der Waals surface area contributed by atoms with Crippen molar-refractivity contribution in [3.63, 3.8) is 0 Å². The molecule has 0 bridgehead atoms. The lowest BCUT2D eigenvalue weighted by Crippen LogP contribution is -1.97. The lowest BCUT2D eigenvalue weighted by molar-refractivity contribution is 0.305. The summed E-state index contributed by atoms with van der Waals surface area (Å²) in [6, 6.07) is 7.82. The Morgan fingerprint density at radius 1 is 1.00 bits per heavy atom. The van der Waals surface area contributed by atoms with E-state index in [2.05, 4.69) is 31.8 Å². The van der Waals surface area contributed by atoms with E-state index in [4.69, 9.17) is 4.74 Å². The fraction of sp³-hybridized carbons (Fsp3) is 0.375. The second-order valence-electron chi connectivity index (χ2n) is 5.10. The van der Waals surface area contributed by atoms with E-state index in [1.54, 1.807) is 6.20 Å². The van der Waals surface area contributed by atoms with Crippen molar-refractivity contribution in [2.45, 2.75) is 32.6 Å². The predicted molar refractivity (Wildman–Crippen MR) is 82.5 cm³/mol. The number of benzene rings is 1. The van der Waals surface area contributed by atoms with Crippen LogP contribution >= 0.6 is 0 Å². The lowest BCUT2D eigenvalue weighted by atomic mass is 10.1. The van der Waals surface area contributed by atoms with Crippen molar-refractivity contribution >= 4 is 11.3 Å². The summed E-state index contributed by atoms with van der Waals surface area (Å²) in [4.78, 5) is 8.52. The average molecular weight is 298 g/mol.